The molecule has 16 heavy (non-hydrogen) atoms. The standard InChI is InChI=1S/C12H17N3O/c1-2-15(11-6-4-3-5-7-11)8-10-9-16-12(13)14-10/h3-7,10H,2,8-9H2,1H3,(H2,13,14)/t10-/m0/s1/i4D. The largest absolute Gasteiger partial charge is 0.463 e. The second kappa shape index (κ2) is 4.88. The molecule has 2 N–H and O–H groups in total. The second-order valence-corrected chi connectivity index (χ2v) is 3.73. The highest BCUT2D eigenvalue weighted by molar-refractivity contribution is 5.73. The van der Waals surface area contributed by atoms with Gasteiger partial charge in [0.05, 0.1) is 1.37 Å². The lowest BCUT2D eigenvalue weighted by Gasteiger charge is -2.24. The van der Waals surface area contributed by atoms with Crippen LogP contribution in [0, 0.1) is 0 Å². The number of para-hydroxylation sites is 1. The van der Waals surface area contributed by atoms with Crippen LogP contribution in [0.3, 0.4) is 0 Å². The van der Waals surface area contributed by atoms with Gasteiger partial charge in [0.1, 0.15) is 12.6 Å². The average Bonchev–Trinajstić information content (AvgIpc) is 2.72. The maximum Gasteiger partial charge on any atom is 0.282 e. The highest BCUT2D eigenvalue weighted by Gasteiger charge is 2.19. The number of likely N-dealkylation sites (N-methyl/N-ethyl adjacent to an activating group) is 1. The van der Waals surface area contributed by atoms with E-state index in [1.165, 1.54) is 0 Å². The van der Waals surface area contributed by atoms with E-state index in [1.807, 2.05) is 18.2 Å². The lowest BCUT2D eigenvalue weighted by Crippen LogP contribution is -2.32. The van der Waals surface area contributed by atoms with E-state index >= 15 is 0 Å². The van der Waals surface area contributed by atoms with Crippen LogP contribution in [0.15, 0.2) is 35.3 Å². The molecule has 0 fully saturated rings. The number of rotatable bonds is 4. The van der Waals surface area contributed by atoms with Crippen molar-refractivity contribution in [3.05, 3.63) is 30.3 Å². The summed E-state index contributed by atoms with van der Waals surface area (Å²) >= 11 is 0. The summed E-state index contributed by atoms with van der Waals surface area (Å²) in [7, 11) is 0. The maximum absolute atomic E-state index is 7.62. The van der Waals surface area contributed by atoms with Gasteiger partial charge in [-0.25, -0.2) is 4.99 Å². The summed E-state index contributed by atoms with van der Waals surface area (Å²) in [5.74, 6) is 0. The minimum Gasteiger partial charge on any atom is -0.463 e. The number of hydrogen-bond acceptors (Lipinski definition) is 4. The van der Waals surface area contributed by atoms with E-state index in [9.17, 15) is 0 Å². The van der Waals surface area contributed by atoms with Gasteiger partial charge in [-0.3, -0.25) is 0 Å². The number of nitrogens with two attached hydrogens (primary N) is 1. The van der Waals surface area contributed by atoms with Crippen molar-refractivity contribution in [3.8, 4) is 0 Å². The maximum atomic E-state index is 7.62. The Balaban J connectivity index is 2.06. The van der Waals surface area contributed by atoms with Gasteiger partial charge in [-0.05, 0) is 19.1 Å². The van der Waals surface area contributed by atoms with Crippen molar-refractivity contribution >= 4 is 11.7 Å². The van der Waals surface area contributed by atoms with Gasteiger partial charge in [-0.1, -0.05) is 18.2 Å². The van der Waals surface area contributed by atoms with E-state index in [-0.39, 0.29) is 12.1 Å². The summed E-state index contributed by atoms with van der Waals surface area (Å²) in [6.45, 7) is 4.26. The molecule has 0 aromatic heterocycles. The molecule has 4 nitrogen and oxygen atoms in total. The van der Waals surface area contributed by atoms with Gasteiger partial charge >= 0.3 is 0 Å². The van der Waals surface area contributed by atoms with E-state index in [2.05, 4.69) is 16.8 Å². The molecule has 1 heterocycles. The van der Waals surface area contributed by atoms with E-state index < -0.39 is 0 Å². The minimum atomic E-state index is 0.0874. The van der Waals surface area contributed by atoms with Crippen molar-refractivity contribution in [1.29, 1.82) is 0 Å². The van der Waals surface area contributed by atoms with Crippen molar-refractivity contribution in [1.82, 2.24) is 0 Å². The molecule has 1 aromatic rings. The number of aliphatic imine (C=N–C) groups is 1. The highest BCUT2D eigenvalue weighted by atomic mass is 16.5. The van der Waals surface area contributed by atoms with Gasteiger partial charge in [0.15, 0.2) is 0 Å². The molecule has 2 rings (SSSR count). The molecule has 0 saturated carbocycles. The quantitative estimate of drug-likeness (QED) is 0.830. The number of benzene rings is 1. The topological polar surface area (TPSA) is 50.9 Å². The number of ether oxygens (including phenoxy) is 1. The zero-order valence-corrected chi connectivity index (χ0v) is 9.39. The van der Waals surface area contributed by atoms with E-state index in [4.69, 9.17) is 11.8 Å². The Morgan fingerprint density at radius 3 is 3.12 bits per heavy atom. The van der Waals surface area contributed by atoms with Gasteiger partial charge in [0, 0.05) is 18.8 Å². The van der Waals surface area contributed by atoms with Crippen molar-refractivity contribution in [2.75, 3.05) is 24.6 Å². The number of nitrogens with zero attached hydrogens (tertiary/aromatic N) is 2. The monoisotopic (exact) mass is 220 g/mol. The molecule has 4 heteroatoms. The van der Waals surface area contributed by atoms with E-state index in [0.29, 0.717) is 12.6 Å². The highest BCUT2D eigenvalue weighted by Crippen LogP contribution is 2.15. The molecule has 0 saturated heterocycles. The zero-order chi connectivity index (χ0) is 12.3. The first-order valence-corrected chi connectivity index (χ1v) is 5.46. The summed E-state index contributed by atoms with van der Waals surface area (Å²) in [6, 6.07) is 8.41. The van der Waals surface area contributed by atoms with Crippen LogP contribution >= 0.6 is 0 Å². The molecule has 1 atom stereocenters. The summed E-state index contributed by atoms with van der Waals surface area (Å²) in [6.07, 6.45) is 0. The van der Waals surface area contributed by atoms with Crippen LogP contribution in [0.5, 0.6) is 0 Å². The summed E-state index contributed by atoms with van der Waals surface area (Å²) in [4.78, 5) is 6.38. The Morgan fingerprint density at radius 1 is 1.62 bits per heavy atom. The van der Waals surface area contributed by atoms with Crippen LogP contribution in [0.1, 0.15) is 8.29 Å². The predicted molar refractivity (Wildman–Crippen MR) is 65.7 cm³/mol. The molecule has 86 valence electrons. The minimum absolute atomic E-state index is 0.0874. The molecule has 0 radical (unpaired) electrons. The fraction of sp³-hybridized carbons (Fsp3) is 0.417. The van der Waals surface area contributed by atoms with Crippen molar-refractivity contribution in [3.63, 3.8) is 0 Å². The Hall–Kier alpha value is -1.71. The first kappa shape index (κ1) is 9.51. The first-order chi connectivity index (χ1) is 8.19. The number of hydrogen-bond donors (Lipinski definition) is 1. The summed E-state index contributed by atoms with van der Waals surface area (Å²) < 4.78 is 12.8. The lowest BCUT2D eigenvalue weighted by molar-refractivity contribution is 0.313. The average molecular weight is 220 g/mol. The van der Waals surface area contributed by atoms with Crippen LogP contribution in [0.2, 0.25) is 0 Å². The third kappa shape index (κ3) is 2.45. The predicted octanol–water partition coefficient (Wildman–Crippen LogP) is 1.23. The lowest BCUT2D eigenvalue weighted by atomic mass is 10.2. The fourth-order valence-electron chi connectivity index (χ4n) is 1.78. The fourth-order valence-corrected chi connectivity index (χ4v) is 1.78. The SMILES string of the molecule is [2H]c1cccc(N(CC)C[C@H]2COC(N)=N2)c1. The Bertz CT molecular complexity index is 422. The summed E-state index contributed by atoms with van der Waals surface area (Å²) in [5, 5.41) is 0. The molecular formula is C12H17N3O. The smallest absolute Gasteiger partial charge is 0.282 e. The van der Waals surface area contributed by atoms with Crippen LogP contribution in [0.25, 0.3) is 0 Å². The molecule has 0 unspecified atom stereocenters. The Labute approximate surface area is 97.1 Å². The van der Waals surface area contributed by atoms with E-state index in [1.54, 1.807) is 6.07 Å². The molecular weight excluding hydrogens is 202 g/mol. The first-order valence-electron chi connectivity index (χ1n) is 5.96. The van der Waals surface area contributed by atoms with Crippen LogP contribution in [-0.2, 0) is 4.74 Å². The third-order valence-electron chi connectivity index (χ3n) is 2.60. The van der Waals surface area contributed by atoms with Crippen LogP contribution < -0.4 is 10.6 Å². The molecule has 0 bridgehead atoms. The zero-order valence-electron chi connectivity index (χ0n) is 10.4. The molecule has 0 amide bonds. The van der Waals surface area contributed by atoms with Crippen molar-refractivity contribution in [2.45, 2.75) is 13.0 Å². The molecule has 0 spiro atoms. The van der Waals surface area contributed by atoms with Gasteiger partial charge in [-0.2, -0.15) is 0 Å². The van der Waals surface area contributed by atoms with Crippen LogP contribution in [-0.4, -0.2) is 31.8 Å². The van der Waals surface area contributed by atoms with Gasteiger partial charge in [0.25, 0.3) is 6.02 Å². The second-order valence-electron chi connectivity index (χ2n) is 3.73. The Kier molecular flexibility index (Phi) is 2.90. The third-order valence-corrected chi connectivity index (χ3v) is 2.60. The molecule has 1 aliphatic heterocycles. The Morgan fingerprint density at radius 2 is 2.50 bits per heavy atom. The van der Waals surface area contributed by atoms with E-state index in [0.717, 1.165) is 18.8 Å². The van der Waals surface area contributed by atoms with Crippen molar-refractivity contribution < 1.29 is 6.11 Å². The van der Waals surface area contributed by atoms with Gasteiger partial charge in [0.2, 0.25) is 0 Å². The molecule has 1 aliphatic rings. The molecule has 1 aromatic carbocycles. The molecule has 0 aliphatic carbocycles. The normalized spacial score (nSPS) is 19.9. The number of anilines is 1. The summed E-state index contributed by atoms with van der Waals surface area (Å²) in [5.41, 5.74) is 6.53. The van der Waals surface area contributed by atoms with Crippen LogP contribution in [0.4, 0.5) is 5.69 Å². The number of amidine groups is 1. The van der Waals surface area contributed by atoms with Crippen molar-refractivity contribution in [2.24, 2.45) is 10.7 Å². The van der Waals surface area contributed by atoms with Gasteiger partial charge < -0.3 is 15.4 Å². The van der Waals surface area contributed by atoms with Gasteiger partial charge in [-0.15, -0.1) is 0 Å².